The lowest BCUT2D eigenvalue weighted by atomic mass is 9.73. The number of ether oxygens (including phenoxy) is 1. The highest BCUT2D eigenvalue weighted by Gasteiger charge is 2.46. The smallest absolute Gasteiger partial charge is 0.257 e. The molecule has 1 N–H and O–H groups in total. The van der Waals surface area contributed by atoms with Gasteiger partial charge in [0, 0.05) is 24.4 Å². The number of amides is 1. The van der Waals surface area contributed by atoms with Crippen molar-refractivity contribution in [2.75, 3.05) is 0 Å². The zero-order valence-electron chi connectivity index (χ0n) is 14.6. The van der Waals surface area contributed by atoms with E-state index >= 15 is 0 Å². The number of carbonyl (C=O) groups is 1. The predicted octanol–water partition coefficient (Wildman–Crippen LogP) is 3.21. The molecule has 132 valence electrons. The first-order chi connectivity index (χ1) is 12.7. The van der Waals surface area contributed by atoms with Crippen molar-refractivity contribution in [3.8, 4) is 5.75 Å². The molecule has 0 bridgehead atoms. The van der Waals surface area contributed by atoms with Crippen LogP contribution >= 0.6 is 0 Å². The zero-order valence-corrected chi connectivity index (χ0v) is 14.6. The van der Waals surface area contributed by atoms with E-state index in [0.29, 0.717) is 16.9 Å². The largest absolute Gasteiger partial charge is 0.487 e. The molecular formula is C20H20N4O2. The maximum atomic E-state index is 13.1. The molecule has 2 aliphatic rings. The number of aromatic nitrogens is 3. The summed E-state index contributed by atoms with van der Waals surface area (Å²) in [5, 5.41) is 7.62. The first-order valence-electron chi connectivity index (χ1n) is 9.04. The highest BCUT2D eigenvalue weighted by Crippen LogP contribution is 2.48. The number of nitrogens with zero attached hydrogens (tertiary/aromatic N) is 3. The molecule has 5 rings (SSSR count). The number of fused-ring (bicyclic) bond motifs is 2. The van der Waals surface area contributed by atoms with Crippen LogP contribution in [0, 0.1) is 6.92 Å². The number of hydrogen-bond acceptors (Lipinski definition) is 4. The molecule has 1 amide bonds. The molecule has 1 fully saturated rings. The Balaban J connectivity index is 1.50. The minimum Gasteiger partial charge on any atom is -0.487 e. The average Bonchev–Trinajstić information content (AvgIpc) is 2.96. The number of rotatable bonds is 2. The van der Waals surface area contributed by atoms with E-state index in [9.17, 15) is 4.79 Å². The summed E-state index contributed by atoms with van der Waals surface area (Å²) in [7, 11) is 0. The van der Waals surface area contributed by atoms with Crippen molar-refractivity contribution in [2.45, 2.75) is 44.2 Å². The van der Waals surface area contributed by atoms with E-state index in [1.165, 1.54) is 6.42 Å². The van der Waals surface area contributed by atoms with Crippen LogP contribution in [0.1, 0.15) is 53.3 Å². The number of nitrogens with one attached hydrogen (secondary N) is 1. The molecule has 1 aromatic carbocycles. The third-order valence-electron chi connectivity index (χ3n) is 5.56. The molecule has 1 saturated carbocycles. The molecule has 1 spiro atoms. The molecule has 3 aromatic rings. The van der Waals surface area contributed by atoms with Gasteiger partial charge in [-0.25, -0.2) is 9.50 Å². The van der Waals surface area contributed by atoms with Crippen molar-refractivity contribution in [1.29, 1.82) is 0 Å². The van der Waals surface area contributed by atoms with Crippen LogP contribution in [0.25, 0.3) is 5.65 Å². The molecule has 1 unspecified atom stereocenters. The quantitative estimate of drug-likeness (QED) is 0.772. The Labute approximate surface area is 151 Å². The number of hydrogen-bond donors (Lipinski definition) is 1. The van der Waals surface area contributed by atoms with Crippen LogP contribution in [-0.4, -0.2) is 26.1 Å². The fourth-order valence-electron chi connectivity index (χ4n) is 4.12. The van der Waals surface area contributed by atoms with Gasteiger partial charge in [-0.1, -0.05) is 18.2 Å². The van der Waals surface area contributed by atoms with Gasteiger partial charge < -0.3 is 10.1 Å². The van der Waals surface area contributed by atoms with Gasteiger partial charge in [-0.05, 0) is 38.3 Å². The van der Waals surface area contributed by atoms with Gasteiger partial charge >= 0.3 is 0 Å². The predicted molar refractivity (Wildman–Crippen MR) is 96.2 cm³/mol. The van der Waals surface area contributed by atoms with Crippen LogP contribution in [0.3, 0.4) is 0 Å². The van der Waals surface area contributed by atoms with E-state index in [1.54, 1.807) is 23.0 Å². The second kappa shape index (κ2) is 5.56. The summed E-state index contributed by atoms with van der Waals surface area (Å²) < 4.78 is 7.92. The molecule has 0 saturated heterocycles. The van der Waals surface area contributed by atoms with E-state index in [1.807, 2.05) is 31.2 Å². The Kier molecular flexibility index (Phi) is 3.29. The lowest BCUT2D eigenvalue weighted by Crippen LogP contribution is -2.49. The van der Waals surface area contributed by atoms with Crippen molar-refractivity contribution >= 4 is 11.6 Å². The molecule has 1 atom stereocenters. The fourth-order valence-corrected chi connectivity index (χ4v) is 4.12. The van der Waals surface area contributed by atoms with Crippen molar-refractivity contribution in [3.63, 3.8) is 0 Å². The van der Waals surface area contributed by atoms with Crippen molar-refractivity contribution in [3.05, 3.63) is 59.5 Å². The lowest BCUT2D eigenvalue weighted by molar-refractivity contribution is -0.0360. The molecular weight excluding hydrogens is 328 g/mol. The van der Waals surface area contributed by atoms with Crippen LogP contribution in [0.2, 0.25) is 0 Å². The first-order valence-corrected chi connectivity index (χ1v) is 9.04. The lowest BCUT2D eigenvalue weighted by Gasteiger charge is -2.48. The molecule has 1 aliphatic heterocycles. The molecule has 3 heterocycles. The molecule has 1 aliphatic carbocycles. The van der Waals surface area contributed by atoms with Crippen LogP contribution in [0.4, 0.5) is 0 Å². The zero-order chi connectivity index (χ0) is 17.7. The summed E-state index contributed by atoms with van der Waals surface area (Å²) in [4.78, 5) is 17.4. The topological polar surface area (TPSA) is 68.5 Å². The van der Waals surface area contributed by atoms with E-state index in [-0.39, 0.29) is 17.6 Å². The van der Waals surface area contributed by atoms with Gasteiger partial charge in [0.2, 0.25) is 0 Å². The maximum absolute atomic E-state index is 13.1. The Morgan fingerprint density at radius 1 is 1.31 bits per heavy atom. The molecule has 0 radical (unpaired) electrons. The standard InChI is InChI=1S/C20H20N4O2/c1-13-17(18-21-10-5-11-24(18)23-13)19(25)22-15-12-20(8-4-9-20)26-16-7-3-2-6-14(15)16/h2-3,5-7,10-11,15H,4,8-9,12H2,1H3,(H,22,25). The minimum atomic E-state index is -0.132. The average molecular weight is 348 g/mol. The van der Waals surface area contributed by atoms with Gasteiger partial charge in [0.15, 0.2) is 5.65 Å². The minimum absolute atomic E-state index is 0.0641. The Bertz CT molecular complexity index is 1010. The third kappa shape index (κ3) is 2.29. The van der Waals surface area contributed by atoms with Gasteiger partial charge in [0.1, 0.15) is 16.9 Å². The third-order valence-corrected chi connectivity index (χ3v) is 5.56. The summed E-state index contributed by atoms with van der Waals surface area (Å²) >= 11 is 0. The summed E-state index contributed by atoms with van der Waals surface area (Å²) in [6.45, 7) is 1.84. The summed E-state index contributed by atoms with van der Waals surface area (Å²) in [5.41, 5.74) is 2.72. The van der Waals surface area contributed by atoms with Crippen LogP contribution in [-0.2, 0) is 0 Å². The summed E-state index contributed by atoms with van der Waals surface area (Å²) in [6.07, 6.45) is 7.57. The Morgan fingerprint density at radius 3 is 2.96 bits per heavy atom. The van der Waals surface area contributed by atoms with Crippen molar-refractivity contribution in [1.82, 2.24) is 19.9 Å². The number of aryl methyl sites for hydroxylation is 1. The summed E-state index contributed by atoms with van der Waals surface area (Å²) in [5.74, 6) is 0.755. The van der Waals surface area contributed by atoms with Crippen LogP contribution < -0.4 is 10.1 Å². The molecule has 26 heavy (non-hydrogen) atoms. The molecule has 6 heteroatoms. The maximum Gasteiger partial charge on any atom is 0.257 e. The first kappa shape index (κ1) is 15.4. The number of benzene rings is 1. The van der Waals surface area contributed by atoms with Gasteiger partial charge in [-0.15, -0.1) is 0 Å². The second-order valence-corrected chi connectivity index (χ2v) is 7.25. The Morgan fingerprint density at radius 2 is 2.15 bits per heavy atom. The molecule has 2 aromatic heterocycles. The monoisotopic (exact) mass is 348 g/mol. The highest BCUT2D eigenvalue weighted by atomic mass is 16.5. The fraction of sp³-hybridized carbons (Fsp3) is 0.350. The van der Waals surface area contributed by atoms with Gasteiger partial charge in [-0.2, -0.15) is 5.10 Å². The number of carbonyl (C=O) groups excluding carboxylic acids is 1. The van der Waals surface area contributed by atoms with E-state index in [2.05, 4.69) is 15.4 Å². The van der Waals surface area contributed by atoms with Crippen molar-refractivity contribution < 1.29 is 9.53 Å². The summed E-state index contributed by atoms with van der Waals surface area (Å²) in [6, 6.07) is 9.74. The Hall–Kier alpha value is -2.89. The van der Waals surface area contributed by atoms with E-state index in [0.717, 1.165) is 30.6 Å². The second-order valence-electron chi connectivity index (χ2n) is 7.25. The van der Waals surface area contributed by atoms with E-state index < -0.39 is 0 Å². The highest BCUT2D eigenvalue weighted by molar-refractivity contribution is 6.01. The molecule has 6 nitrogen and oxygen atoms in total. The van der Waals surface area contributed by atoms with E-state index in [4.69, 9.17) is 4.74 Å². The van der Waals surface area contributed by atoms with Gasteiger partial charge in [-0.3, -0.25) is 4.79 Å². The van der Waals surface area contributed by atoms with Gasteiger partial charge in [0.05, 0.1) is 11.7 Å². The number of para-hydroxylation sites is 1. The normalized spacial score (nSPS) is 20.3. The SMILES string of the molecule is Cc1nn2cccnc2c1C(=O)NC1CC2(CCC2)Oc2ccccc21. The van der Waals surface area contributed by atoms with Crippen LogP contribution in [0.15, 0.2) is 42.7 Å². The van der Waals surface area contributed by atoms with Gasteiger partial charge in [0.25, 0.3) is 5.91 Å². The van der Waals surface area contributed by atoms with Crippen LogP contribution in [0.5, 0.6) is 5.75 Å². The van der Waals surface area contributed by atoms with Crippen molar-refractivity contribution in [2.24, 2.45) is 0 Å².